The predicted molar refractivity (Wildman–Crippen MR) is 165 cm³/mol. The van der Waals surface area contributed by atoms with Crippen LogP contribution in [0.25, 0.3) is 11.5 Å². The number of allylic oxidation sites excluding steroid dienone is 2. The van der Waals surface area contributed by atoms with E-state index in [-0.39, 0.29) is 36.4 Å². The van der Waals surface area contributed by atoms with Crippen LogP contribution in [0.1, 0.15) is 54.1 Å². The molecule has 2 aliphatic heterocycles. The van der Waals surface area contributed by atoms with Crippen LogP contribution in [0, 0.1) is 0 Å². The Labute approximate surface area is 318 Å². The van der Waals surface area contributed by atoms with E-state index in [1.165, 1.54) is 12.1 Å². The summed E-state index contributed by atoms with van der Waals surface area (Å²) in [5.74, 6) is -5.87. The zero-order valence-electron chi connectivity index (χ0n) is 27.1. The Balaban J connectivity index is 1.47. The van der Waals surface area contributed by atoms with Crippen LogP contribution in [-0.2, 0) is 67.6 Å². The van der Waals surface area contributed by atoms with Crippen LogP contribution >= 0.6 is 0 Å². The van der Waals surface area contributed by atoms with Gasteiger partial charge in [0, 0.05) is 0 Å². The van der Waals surface area contributed by atoms with Gasteiger partial charge in [-0.2, -0.15) is 0 Å². The monoisotopic (exact) mass is 897 g/mol. The van der Waals surface area contributed by atoms with E-state index < -0.39 is 147 Å². The average molecular weight is 898 g/mol. The summed E-state index contributed by atoms with van der Waals surface area (Å²) in [4.78, 5) is 23.0. The summed E-state index contributed by atoms with van der Waals surface area (Å²) in [6.07, 6.45) is -21.8. The first-order chi connectivity index (χ1) is 26.1. The molecule has 0 radical (unpaired) electrons. The number of fused-ring (bicyclic) bond motifs is 2. The molecule has 6 rings (SSSR count). The molecule has 0 amide bonds. The molecule has 0 aliphatic carbocycles. The minimum atomic E-state index is -5.46. The maximum absolute atomic E-state index is 13.7. The summed E-state index contributed by atoms with van der Waals surface area (Å²) in [6.45, 7) is 0. The van der Waals surface area contributed by atoms with Crippen molar-refractivity contribution in [3.05, 3.63) is 139 Å². The second-order valence-corrected chi connectivity index (χ2v) is 16.2. The Morgan fingerprint density at radius 1 is 0.456 bits per heavy atom. The molecule has 0 spiro atoms. The molecule has 57 heavy (non-hydrogen) atoms. The van der Waals surface area contributed by atoms with Crippen LogP contribution in [0.15, 0.2) is 105 Å². The van der Waals surface area contributed by atoms with Gasteiger partial charge in [0.25, 0.3) is 0 Å². The Morgan fingerprint density at radius 2 is 0.737 bits per heavy atom. The number of Topliss-reactive ketones (excluding diaryl/α,β-unsaturated/α-hetero) is 2. The molecule has 0 N–H and O–H groups in total. The second kappa shape index (κ2) is 13.8. The van der Waals surface area contributed by atoms with E-state index in [2.05, 4.69) is 0 Å². The number of benzene rings is 4. The SMILES string of the molecule is O=C(C1=C([O][Mn][O]C2=C(C(=O)c3cc(C(F)(F)F)cc(C(F)(F)F)c3)S(=O)(=O)c3ccccc32)c2ccccc2S1(=O)=O)c1cc(C(F)(F)F)cc(C(F)(F)F)c1. The number of hydrogen-bond donors (Lipinski definition) is 0. The quantitative estimate of drug-likeness (QED) is 0.0977. The number of halogens is 12. The fourth-order valence-electron chi connectivity index (χ4n) is 5.60. The molecule has 0 saturated carbocycles. The van der Waals surface area contributed by atoms with Crippen LogP contribution in [0.4, 0.5) is 52.7 Å². The Kier molecular flexibility index (Phi) is 10.0. The van der Waals surface area contributed by atoms with E-state index in [4.69, 9.17) is 7.64 Å². The van der Waals surface area contributed by atoms with E-state index in [0.717, 1.165) is 36.4 Å². The van der Waals surface area contributed by atoms with Crippen molar-refractivity contribution in [3.8, 4) is 0 Å². The van der Waals surface area contributed by atoms with Crippen molar-refractivity contribution < 1.29 is 102 Å². The zero-order chi connectivity index (χ0) is 42.3. The molecule has 0 saturated heterocycles. The van der Waals surface area contributed by atoms with Gasteiger partial charge in [-0.05, 0) is 0 Å². The normalized spacial score (nSPS) is 16.4. The first kappa shape index (κ1) is 41.5. The minimum absolute atomic E-state index is 0.0409. The summed E-state index contributed by atoms with van der Waals surface area (Å²) in [5.41, 5.74) is -11.7. The zero-order valence-corrected chi connectivity index (χ0v) is 29.9. The van der Waals surface area contributed by atoms with Gasteiger partial charge < -0.3 is 0 Å². The van der Waals surface area contributed by atoms with Crippen molar-refractivity contribution >= 4 is 42.8 Å². The number of ketones is 2. The molecule has 4 aromatic rings. The third-order valence-corrected chi connectivity index (χ3v) is 12.5. The van der Waals surface area contributed by atoms with Gasteiger partial charge in [0.1, 0.15) is 0 Å². The van der Waals surface area contributed by atoms with Crippen molar-refractivity contribution in [2.45, 2.75) is 34.5 Å². The molecular formula is C34H14F12MnO8S2. The number of rotatable bonds is 8. The van der Waals surface area contributed by atoms with E-state index in [0.29, 0.717) is 0 Å². The molecule has 2 heterocycles. The van der Waals surface area contributed by atoms with Gasteiger partial charge in [0.2, 0.25) is 0 Å². The second-order valence-electron chi connectivity index (χ2n) is 11.8. The number of sulfone groups is 2. The summed E-state index contributed by atoms with van der Waals surface area (Å²) in [5, 5.41) is 0. The van der Waals surface area contributed by atoms with E-state index in [1.54, 1.807) is 0 Å². The van der Waals surface area contributed by atoms with Crippen molar-refractivity contribution in [1.82, 2.24) is 0 Å². The Bertz CT molecular complexity index is 2430. The molecule has 8 nitrogen and oxygen atoms in total. The fraction of sp³-hybridized carbons (Fsp3) is 0.118. The molecular weight excluding hydrogens is 883 g/mol. The Morgan fingerprint density at radius 3 is 1.02 bits per heavy atom. The summed E-state index contributed by atoms with van der Waals surface area (Å²) in [7, 11) is -10.2. The first-order valence-electron chi connectivity index (χ1n) is 15.0. The number of carbonyl (C=O) groups is 2. The van der Waals surface area contributed by atoms with Gasteiger partial charge in [-0.3, -0.25) is 0 Å². The summed E-state index contributed by atoms with van der Waals surface area (Å²) >= 11 is -1.81. The van der Waals surface area contributed by atoms with Gasteiger partial charge in [-0.25, -0.2) is 0 Å². The van der Waals surface area contributed by atoms with Crippen molar-refractivity contribution in [2.24, 2.45) is 0 Å². The average Bonchev–Trinajstić information content (AvgIpc) is 3.48. The molecule has 2 aliphatic rings. The standard InChI is InChI=1S/2C17H8F6O4S.Mn/c2*18-16(19,20)9-5-8(6-10(7-9)17(21,22)23)13(24)15-14(25)11-3-1-2-4-12(11)28(15,26)27;/h2*1-7,25H;/q;;+2/p-2. The predicted octanol–water partition coefficient (Wildman–Crippen LogP) is 9.09. The first-order valence-corrected chi connectivity index (χ1v) is 18.9. The molecule has 0 fully saturated rings. The van der Waals surface area contributed by atoms with E-state index in [9.17, 15) is 79.1 Å². The maximum atomic E-state index is 13.7. The van der Waals surface area contributed by atoms with Gasteiger partial charge in [-0.15, -0.1) is 0 Å². The van der Waals surface area contributed by atoms with Gasteiger partial charge in [0.15, 0.2) is 0 Å². The molecule has 0 unspecified atom stereocenters. The number of carbonyl (C=O) groups excluding carboxylic acids is 2. The molecule has 0 atom stereocenters. The summed E-state index contributed by atoms with van der Waals surface area (Å²) < 4.78 is 229. The van der Waals surface area contributed by atoms with E-state index >= 15 is 0 Å². The van der Waals surface area contributed by atoms with Crippen molar-refractivity contribution in [3.63, 3.8) is 0 Å². The van der Waals surface area contributed by atoms with Crippen LogP contribution in [0.2, 0.25) is 0 Å². The van der Waals surface area contributed by atoms with Crippen LogP contribution in [0.3, 0.4) is 0 Å². The van der Waals surface area contributed by atoms with Gasteiger partial charge in [0.05, 0.1) is 0 Å². The molecule has 23 heteroatoms. The van der Waals surface area contributed by atoms with E-state index in [1.807, 2.05) is 0 Å². The third kappa shape index (κ3) is 7.55. The van der Waals surface area contributed by atoms with Gasteiger partial charge in [-0.1, -0.05) is 0 Å². The van der Waals surface area contributed by atoms with Crippen LogP contribution in [0.5, 0.6) is 0 Å². The number of hydrogen-bond acceptors (Lipinski definition) is 8. The third-order valence-electron chi connectivity index (χ3n) is 8.12. The topological polar surface area (TPSA) is 121 Å². The molecule has 301 valence electrons. The molecule has 4 aromatic carbocycles. The van der Waals surface area contributed by atoms with Crippen LogP contribution < -0.4 is 0 Å². The fourth-order valence-corrected chi connectivity index (χ4v) is 9.87. The molecule has 0 bridgehead atoms. The Hall–Kier alpha value is -5.12. The van der Waals surface area contributed by atoms with Crippen molar-refractivity contribution in [1.29, 1.82) is 0 Å². The van der Waals surface area contributed by atoms with Crippen LogP contribution in [-0.4, -0.2) is 28.4 Å². The molecule has 0 aromatic heterocycles. The summed E-state index contributed by atoms with van der Waals surface area (Å²) in [6, 6.07) is 7.65. The number of alkyl halides is 12. The van der Waals surface area contributed by atoms with Gasteiger partial charge >= 0.3 is 319 Å². The van der Waals surface area contributed by atoms with Crippen molar-refractivity contribution in [2.75, 3.05) is 0 Å².